The molecule has 24 heavy (non-hydrogen) atoms. The smallest absolute Gasteiger partial charge is 0.266 e. The van der Waals surface area contributed by atoms with Crippen LogP contribution in [0.1, 0.15) is 11.1 Å². The third-order valence-corrected chi connectivity index (χ3v) is 6.05. The van der Waals surface area contributed by atoms with E-state index in [1.165, 1.54) is 12.1 Å². The molecule has 2 heterocycles. The molecule has 0 radical (unpaired) electrons. The van der Waals surface area contributed by atoms with Crippen molar-refractivity contribution in [3.05, 3.63) is 45.4 Å². The Labute approximate surface area is 149 Å². The van der Waals surface area contributed by atoms with E-state index in [1.54, 1.807) is 6.07 Å². The van der Waals surface area contributed by atoms with Crippen molar-refractivity contribution in [3.8, 4) is 11.5 Å². The van der Waals surface area contributed by atoms with Crippen LogP contribution in [0.3, 0.4) is 0 Å². The fourth-order valence-corrected chi connectivity index (χ4v) is 5.04. The molecule has 0 aromatic heterocycles. The quantitative estimate of drug-likeness (QED) is 0.875. The summed E-state index contributed by atoms with van der Waals surface area (Å²) in [4.78, 5) is 0.149. The van der Waals surface area contributed by atoms with Crippen molar-refractivity contribution in [1.29, 1.82) is 0 Å². The second-order valence-electron chi connectivity index (χ2n) is 5.60. The summed E-state index contributed by atoms with van der Waals surface area (Å²) in [5, 5.41) is 0.661. The van der Waals surface area contributed by atoms with Gasteiger partial charge in [-0.3, -0.25) is 4.72 Å². The van der Waals surface area contributed by atoms with E-state index in [-0.39, 0.29) is 15.6 Å². The number of anilines is 1. The van der Waals surface area contributed by atoms with Gasteiger partial charge in [0.05, 0.1) is 23.9 Å². The van der Waals surface area contributed by atoms with Crippen molar-refractivity contribution in [2.75, 3.05) is 17.9 Å². The summed E-state index contributed by atoms with van der Waals surface area (Å²) in [7, 11) is -3.88. The van der Waals surface area contributed by atoms with Crippen LogP contribution in [0, 0.1) is 0 Å². The van der Waals surface area contributed by atoms with Gasteiger partial charge in [-0.25, -0.2) is 8.42 Å². The molecule has 2 aromatic carbocycles. The fraction of sp³-hybridized carbons (Fsp3) is 0.250. The van der Waals surface area contributed by atoms with Crippen molar-refractivity contribution in [1.82, 2.24) is 0 Å². The zero-order valence-electron chi connectivity index (χ0n) is 12.4. The second kappa shape index (κ2) is 5.72. The minimum Gasteiger partial charge on any atom is -0.493 e. The van der Waals surface area contributed by atoms with Crippen LogP contribution in [0.25, 0.3) is 0 Å². The van der Waals surface area contributed by atoms with E-state index in [2.05, 4.69) is 4.72 Å². The number of nitrogens with one attached hydrogen (secondary N) is 1. The molecule has 0 aliphatic carbocycles. The molecule has 8 heteroatoms. The van der Waals surface area contributed by atoms with Crippen molar-refractivity contribution < 1.29 is 17.9 Å². The minimum atomic E-state index is -3.88. The molecule has 0 atom stereocenters. The summed E-state index contributed by atoms with van der Waals surface area (Å²) in [5.74, 6) is 1.03. The second-order valence-corrected chi connectivity index (χ2v) is 8.06. The number of benzene rings is 2. The molecule has 0 bridgehead atoms. The Hall–Kier alpha value is -1.63. The highest BCUT2D eigenvalue weighted by molar-refractivity contribution is 7.93. The topological polar surface area (TPSA) is 64.6 Å². The zero-order valence-corrected chi connectivity index (χ0v) is 14.8. The van der Waals surface area contributed by atoms with E-state index in [0.717, 1.165) is 5.56 Å². The van der Waals surface area contributed by atoms with E-state index in [9.17, 15) is 8.42 Å². The first-order valence-corrected chi connectivity index (χ1v) is 9.62. The Kier molecular flexibility index (Phi) is 3.78. The predicted molar refractivity (Wildman–Crippen MR) is 92.1 cm³/mol. The number of hydrogen-bond donors (Lipinski definition) is 1. The van der Waals surface area contributed by atoms with Crippen LogP contribution >= 0.6 is 23.2 Å². The van der Waals surface area contributed by atoms with Gasteiger partial charge in [-0.05, 0) is 24.3 Å². The van der Waals surface area contributed by atoms with E-state index in [0.29, 0.717) is 48.1 Å². The molecular weight excluding hydrogens is 373 g/mol. The lowest BCUT2D eigenvalue weighted by Gasteiger charge is -2.15. The Balaban J connectivity index is 1.83. The van der Waals surface area contributed by atoms with Crippen LogP contribution in [0.5, 0.6) is 11.5 Å². The van der Waals surface area contributed by atoms with E-state index in [4.69, 9.17) is 32.7 Å². The molecule has 0 unspecified atom stereocenters. The first-order chi connectivity index (χ1) is 11.5. The molecule has 4 rings (SSSR count). The molecule has 2 aromatic rings. The van der Waals surface area contributed by atoms with Gasteiger partial charge < -0.3 is 9.47 Å². The first-order valence-electron chi connectivity index (χ1n) is 7.38. The van der Waals surface area contributed by atoms with Crippen molar-refractivity contribution >= 4 is 38.9 Å². The van der Waals surface area contributed by atoms with Gasteiger partial charge in [0.25, 0.3) is 10.0 Å². The Bertz CT molecular complexity index is 911. The predicted octanol–water partition coefficient (Wildman–Crippen LogP) is 3.66. The molecule has 2 aliphatic rings. The van der Waals surface area contributed by atoms with Crippen molar-refractivity contribution in [2.24, 2.45) is 0 Å². The Morgan fingerprint density at radius 3 is 2.62 bits per heavy atom. The first kappa shape index (κ1) is 15.9. The van der Waals surface area contributed by atoms with Gasteiger partial charge in [0.1, 0.15) is 16.4 Å². The van der Waals surface area contributed by atoms with Crippen LogP contribution < -0.4 is 14.2 Å². The lowest BCUT2D eigenvalue weighted by atomic mass is 10.1. The largest absolute Gasteiger partial charge is 0.493 e. The molecule has 1 N–H and O–H groups in total. The molecule has 5 nitrogen and oxygen atoms in total. The molecule has 0 amide bonds. The van der Waals surface area contributed by atoms with Crippen LogP contribution in [0.2, 0.25) is 10.0 Å². The van der Waals surface area contributed by atoms with Crippen LogP contribution in [-0.4, -0.2) is 21.6 Å². The lowest BCUT2D eigenvalue weighted by Crippen LogP contribution is -2.16. The summed E-state index contributed by atoms with van der Waals surface area (Å²) in [6.45, 7) is 0.922. The van der Waals surface area contributed by atoms with Crippen LogP contribution in [0.15, 0.2) is 29.2 Å². The third kappa shape index (κ3) is 2.59. The summed E-state index contributed by atoms with van der Waals surface area (Å²) in [5.41, 5.74) is 1.76. The average molecular weight is 386 g/mol. The third-order valence-electron chi connectivity index (χ3n) is 4.05. The maximum absolute atomic E-state index is 13.0. The number of sulfonamides is 1. The summed E-state index contributed by atoms with van der Waals surface area (Å²) < 4.78 is 39.7. The maximum Gasteiger partial charge on any atom is 0.266 e. The molecule has 0 spiro atoms. The van der Waals surface area contributed by atoms with Gasteiger partial charge in [0, 0.05) is 29.0 Å². The SMILES string of the molecule is O=S(=O)(Nc1ccc(Cl)cc1Cl)c1c2c(cc3c1OCC3)OCC2. The average Bonchev–Trinajstić information content (AvgIpc) is 3.15. The number of ether oxygens (including phenoxy) is 2. The van der Waals surface area contributed by atoms with Gasteiger partial charge >= 0.3 is 0 Å². The molecule has 2 aliphatic heterocycles. The number of rotatable bonds is 3. The fourth-order valence-electron chi connectivity index (χ4n) is 2.99. The zero-order chi connectivity index (χ0) is 16.9. The van der Waals surface area contributed by atoms with Gasteiger partial charge in [-0.1, -0.05) is 23.2 Å². The highest BCUT2D eigenvalue weighted by atomic mass is 35.5. The van der Waals surface area contributed by atoms with Gasteiger partial charge in [0.15, 0.2) is 0 Å². The number of halogens is 2. The number of fused-ring (bicyclic) bond motifs is 2. The molecular formula is C16H13Cl2NO4S. The van der Waals surface area contributed by atoms with E-state index >= 15 is 0 Å². The molecule has 0 saturated carbocycles. The van der Waals surface area contributed by atoms with Crippen molar-refractivity contribution in [2.45, 2.75) is 17.7 Å². The highest BCUT2D eigenvalue weighted by Gasteiger charge is 2.34. The molecule has 126 valence electrons. The van der Waals surface area contributed by atoms with Crippen LogP contribution in [0.4, 0.5) is 5.69 Å². The summed E-state index contributed by atoms with van der Waals surface area (Å²) >= 11 is 12.0. The lowest BCUT2D eigenvalue weighted by molar-refractivity contribution is 0.348. The standard InChI is InChI=1S/C16H13Cl2NO4S/c17-10-1-2-13(12(18)8-10)19-24(20,21)16-11-4-6-22-14(11)7-9-3-5-23-15(9)16/h1-2,7-8,19H,3-6H2. The maximum atomic E-state index is 13.0. The van der Waals surface area contributed by atoms with Gasteiger partial charge in [-0.15, -0.1) is 0 Å². The van der Waals surface area contributed by atoms with Gasteiger partial charge in [0.2, 0.25) is 0 Å². The van der Waals surface area contributed by atoms with E-state index in [1.807, 2.05) is 6.07 Å². The number of hydrogen-bond acceptors (Lipinski definition) is 4. The molecule has 0 fully saturated rings. The normalized spacial score (nSPS) is 15.4. The highest BCUT2D eigenvalue weighted by Crippen LogP contribution is 2.44. The van der Waals surface area contributed by atoms with Gasteiger partial charge in [-0.2, -0.15) is 0 Å². The Morgan fingerprint density at radius 1 is 1.04 bits per heavy atom. The van der Waals surface area contributed by atoms with Crippen LogP contribution in [-0.2, 0) is 22.9 Å². The minimum absolute atomic E-state index is 0.149. The summed E-state index contributed by atoms with van der Waals surface area (Å²) in [6.07, 6.45) is 1.19. The van der Waals surface area contributed by atoms with E-state index < -0.39 is 10.0 Å². The van der Waals surface area contributed by atoms with Crippen molar-refractivity contribution in [3.63, 3.8) is 0 Å². The summed E-state index contributed by atoms with van der Waals surface area (Å²) in [6, 6.07) is 6.47. The monoisotopic (exact) mass is 385 g/mol. The molecule has 0 saturated heterocycles. The Morgan fingerprint density at radius 2 is 1.83 bits per heavy atom.